The Labute approximate surface area is 106 Å². The van der Waals surface area contributed by atoms with Crippen LogP contribution in [-0.2, 0) is 4.74 Å². The van der Waals surface area contributed by atoms with Gasteiger partial charge in [-0.05, 0) is 12.8 Å². The molecule has 0 amide bonds. The van der Waals surface area contributed by atoms with Crippen molar-refractivity contribution in [3.05, 3.63) is 0 Å². The molecule has 2 fully saturated rings. The van der Waals surface area contributed by atoms with E-state index < -0.39 is 13.0 Å². The molecule has 17 heavy (non-hydrogen) atoms. The number of ether oxygens (including phenoxy) is 1. The van der Waals surface area contributed by atoms with Crippen LogP contribution in [0, 0.1) is 0 Å². The molecule has 2 atom stereocenters. The molecule has 100 valence electrons. The van der Waals surface area contributed by atoms with Crippen LogP contribution < -0.4 is 0 Å². The normalized spacial score (nSPS) is 30.5. The molecule has 5 heteroatoms. The first-order valence-electron chi connectivity index (χ1n) is 6.49. The van der Waals surface area contributed by atoms with Crippen LogP contribution >= 0.6 is 11.8 Å². The van der Waals surface area contributed by atoms with E-state index in [0.29, 0.717) is 12.6 Å². The fourth-order valence-corrected chi connectivity index (χ4v) is 4.31. The lowest BCUT2D eigenvalue weighted by Crippen LogP contribution is -2.50. The van der Waals surface area contributed by atoms with Crippen LogP contribution in [-0.4, -0.2) is 54.7 Å². The van der Waals surface area contributed by atoms with Crippen LogP contribution in [0.5, 0.6) is 0 Å². The number of rotatable bonds is 5. The molecule has 0 unspecified atom stereocenters. The minimum atomic E-state index is -2.34. The van der Waals surface area contributed by atoms with Gasteiger partial charge in [-0.3, -0.25) is 4.90 Å². The maximum Gasteiger partial charge on any atom is 0.261 e. The molecule has 1 aliphatic heterocycles. The number of nitrogens with zero attached hydrogens (tertiary/aromatic N) is 1. The average Bonchev–Trinajstić information content (AvgIpc) is 2.34. The largest absolute Gasteiger partial charge is 0.374 e. The Balaban J connectivity index is 1.71. The summed E-state index contributed by atoms with van der Waals surface area (Å²) < 4.78 is 28.8. The Hall–Kier alpha value is 0.130. The van der Waals surface area contributed by atoms with Gasteiger partial charge in [0.2, 0.25) is 0 Å². The summed E-state index contributed by atoms with van der Waals surface area (Å²) in [6.07, 6.45) is 2.92. The molecular weight excluding hydrogens is 244 g/mol. The van der Waals surface area contributed by atoms with E-state index >= 15 is 0 Å². The van der Waals surface area contributed by atoms with Crippen LogP contribution in [0.15, 0.2) is 0 Å². The molecule has 0 radical (unpaired) electrons. The van der Waals surface area contributed by atoms with Crippen molar-refractivity contribution in [1.82, 2.24) is 4.90 Å². The van der Waals surface area contributed by atoms with E-state index in [1.165, 1.54) is 31.4 Å². The zero-order valence-corrected chi connectivity index (χ0v) is 10.9. The Bertz CT molecular complexity index is 229. The third kappa shape index (κ3) is 4.07. The van der Waals surface area contributed by atoms with Gasteiger partial charge in [-0.2, -0.15) is 11.8 Å². The van der Waals surface area contributed by atoms with Crippen molar-refractivity contribution < 1.29 is 13.5 Å². The molecule has 2 aliphatic rings. The fraction of sp³-hybridized carbons (Fsp3) is 1.00. The van der Waals surface area contributed by atoms with Gasteiger partial charge < -0.3 is 4.74 Å². The average molecular weight is 265 g/mol. The lowest BCUT2D eigenvalue weighted by Gasteiger charge is -2.43. The molecule has 0 aromatic heterocycles. The summed E-state index contributed by atoms with van der Waals surface area (Å²) in [6.45, 7) is 1.92. The molecule has 0 spiro atoms. The van der Waals surface area contributed by atoms with Gasteiger partial charge in [-0.15, -0.1) is 0 Å². The first kappa shape index (κ1) is 13.6. The summed E-state index contributed by atoms with van der Waals surface area (Å²) in [6, 6.07) is 0.664. The standard InChI is InChI=1S/C12H21F2NOS/c13-12(14)9-16-7-5-15-6-8-17-11-4-2-1-3-10(11)15/h10-12H,1-9H2/t10-,11+/m1/s1. The van der Waals surface area contributed by atoms with E-state index in [9.17, 15) is 8.78 Å². The van der Waals surface area contributed by atoms with Crippen molar-refractivity contribution in [2.75, 3.05) is 32.1 Å². The number of hydrogen-bond acceptors (Lipinski definition) is 3. The highest BCUT2D eigenvalue weighted by Crippen LogP contribution is 2.35. The zero-order chi connectivity index (χ0) is 12.1. The van der Waals surface area contributed by atoms with Gasteiger partial charge in [0.15, 0.2) is 0 Å². The monoisotopic (exact) mass is 265 g/mol. The van der Waals surface area contributed by atoms with Crippen molar-refractivity contribution in [3.63, 3.8) is 0 Å². The van der Waals surface area contributed by atoms with Crippen LogP contribution in [0.2, 0.25) is 0 Å². The highest BCUT2D eigenvalue weighted by atomic mass is 32.2. The van der Waals surface area contributed by atoms with E-state index in [-0.39, 0.29) is 0 Å². The molecule has 1 saturated heterocycles. The molecule has 2 nitrogen and oxygen atoms in total. The van der Waals surface area contributed by atoms with Crippen molar-refractivity contribution in [2.45, 2.75) is 43.4 Å². The first-order chi connectivity index (χ1) is 8.27. The SMILES string of the molecule is FC(F)COCCN1CCS[C@H]2CCCC[C@H]21. The molecule has 0 N–H and O–H groups in total. The molecular formula is C12H21F2NOS. The minimum absolute atomic E-state index is 0.420. The lowest BCUT2D eigenvalue weighted by atomic mass is 9.93. The van der Waals surface area contributed by atoms with E-state index in [2.05, 4.69) is 16.7 Å². The van der Waals surface area contributed by atoms with Gasteiger partial charge in [0, 0.05) is 30.1 Å². The molecule has 0 aromatic rings. The fourth-order valence-electron chi connectivity index (χ4n) is 2.81. The Kier molecular flexibility index (Phi) is 5.50. The number of thioether (sulfide) groups is 1. The van der Waals surface area contributed by atoms with Crippen LogP contribution in [0.4, 0.5) is 8.78 Å². The molecule has 1 aliphatic carbocycles. The summed E-state index contributed by atoms with van der Waals surface area (Å²) in [4.78, 5) is 2.45. The third-order valence-electron chi connectivity index (χ3n) is 3.61. The van der Waals surface area contributed by atoms with E-state index in [4.69, 9.17) is 4.74 Å². The molecule has 2 rings (SSSR count). The smallest absolute Gasteiger partial charge is 0.261 e. The first-order valence-corrected chi connectivity index (χ1v) is 7.54. The van der Waals surface area contributed by atoms with Gasteiger partial charge in [0.05, 0.1) is 6.61 Å². The Morgan fingerprint density at radius 3 is 2.94 bits per heavy atom. The quantitative estimate of drug-likeness (QED) is 0.709. The third-order valence-corrected chi connectivity index (χ3v) is 5.01. The summed E-state index contributed by atoms with van der Waals surface area (Å²) in [5, 5.41) is 0.771. The second-order valence-corrected chi connectivity index (χ2v) is 6.11. The van der Waals surface area contributed by atoms with Crippen LogP contribution in [0.25, 0.3) is 0 Å². The van der Waals surface area contributed by atoms with Gasteiger partial charge in [-0.25, -0.2) is 8.78 Å². The van der Waals surface area contributed by atoms with Gasteiger partial charge in [-0.1, -0.05) is 12.8 Å². The van der Waals surface area contributed by atoms with E-state index in [1.54, 1.807) is 0 Å². The maximum atomic E-state index is 11.9. The predicted octanol–water partition coefficient (Wildman–Crippen LogP) is 2.63. The number of hydrogen-bond donors (Lipinski definition) is 0. The Morgan fingerprint density at radius 1 is 1.29 bits per heavy atom. The minimum Gasteiger partial charge on any atom is -0.374 e. The van der Waals surface area contributed by atoms with Crippen molar-refractivity contribution in [2.24, 2.45) is 0 Å². The number of halogens is 2. The summed E-state index contributed by atoms with van der Waals surface area (Å²) in [7, 11) is 0. The molecule has 1 saturated carbocycles. The number of alkyl halides is 2. The molecule has 1 heterocycles. The van der Waals surface area contributed by atoms with Crippen molar-refractivity contribution >= 4 is 11.8 Å². The Morgan fingerprint density at radius 2 is 2.12 bits per heavy atom. The van der Waals surface area contributed by atoms with E-state index in [1.807, 2.05) is 0 Å². The topological polar surface area (TPSA) is 12.5 Å². The molecule has 0 bridgehead atoms. The highest BCUT2D eigenvalue weighted by molar-refractivity contribution is 8.00. The highest BCUT2D eigenvalue weighted by Gasteiger charge is 2.33. The summed E-state index contributed by atoms with van der Waals surface area (Å²) >= 11 is 2.09. The van der Waals surface area contributed by atoms with Crippen LogP contribution in [0.1, 0.15) is 25.7 Å². The summed E-state index contributed by atoms with van der Waals surface area (Å²) in [5.41, 5.74) is 0. The predicted molar refractivity (Wildman–Crippen MR) is 66.9 cm³/mol. The second-order valence-electron chi connectivity index (χ2n) is 4.76. The van der Waals surface area contributed by atoms with Gasteiger partial charge in [0.1, 0.15) is 6.61 Å². The second kappa shape index (κ2) is 6.90. The van der Waals surface area contributed by atoms with Crippen molar-refractivity contribution in [1.29, 1.82) is 0 Å². The zero-order valence-electron chi connectivity index (χ0n) is 10.1. The number of fused-ring (bicyclic) bond motifs is 1. The van der Waals surface area contributed by atoms with E-state index in [0.717, 1.165) is 18.3 Å². The van der Waals surface area contributed by atoms with Gasteiger partial charge in [0.25, 0.3) is 6.43 Å². The van der Waals surface area contributed by atoms with Crippen LogP contribution in [0.3, 0.4) is 0 Å². The van der Waals surface area contributed by atoms with Crippen molar-refractivity contribution in [3.8, 4) is 0 Å². The summed E-state index contributed by atoms with van der Waals surface area (Å²) in [5.74, 6) is 1.18. The molecule has 0 aromatic carbocycles. The lowest BCUT2D eigenvalue weighted by molar-refractivity contribution is 0.00454. The maximum absolute atomic E-state index is 11.9. The van der Waals surface area contributed by atoms with Gasteiger partial charge >= 0.3 is 0 Å².